The first-order valence-electron chi connectivity index (χ1n) is 11.5. The second-order valence-corrected chi connectivity index (χ2v) is 9.87. The van der Waals surface area contributed by atoms with Crippen molar-refractivity contribution in [3.63, 3.8) is 0 Å². The van der Waals surface area contributed by atoms with Gasteiger partial charge in [0.25, 0.3) is 11.7 Å². The van der Waals surface area contributed by atoms with Crippen molar-refractivity contribution in [2.24, 2.45) is 5.92 Å². The van der Waals surface area contributed by atoms with Gasteiger partial charge < -0.3 is 13.9 Å². The fraction of sp³-hybridized carbons (Fsp3) is 0.400. The summed E-state index contributed by atoms with van der Waals surface area (Å²) in [4.78, 5) is 22.2. The van der Waals surface area contributed by atoms with Gasteiger partial charge in [-0.1, -0.05) is 24.2 Å². The molecule has 0 amide bonds. The summed E-state index contributed by atoms with van der Waals surface area (Å²) in [6, 6.07) is 10.2. The molecule has 0 N–H and O–H groups in total. The highest BCUT2D eigenvalue weighted by Crippen LogP contribution is 2.40. The van der Waals surface area contributed by atoms with Crippen molar-refractivity contribution in [2.75, 3.05) is 0 Å². The number of carbonyl (C=O) groups excluding carboxylic acids is 1. The summed E-state index contributed by atoms with van der Waals surface area (Å²) in [5, 5.41) is 1.61. The van der Waals surface area contributed by atoms with Crippen LogP contribution in [0.5, 0.6) is 10.9 Å². The second kappa shape index (κ2) is 8.76. The molecule has 4 aromatic rings. The lowest BCUT2D eigenvalue weighted by Crippen LogP contribution is -2.52. The van der Waals surface area contributed by atoms with Crippen LogP contribution in [0, 0.1) is 5.92 Å². The molecule has 1 aliphatic heterocycles. The molecule has 33 heavy (non-hydrogen) atoms. The van der Waals surface area contributed by atoms with E-state index < -0.39 is 0 Å². The van der Waals surface area contributed by atoms with Crippen molar-refractivity contribution in [3.8, 4) is 10.9 Å². The fourth-order valence-electron chi connectivity index (χ4n) is 5.47. The summed E-state index contributed by atoms with van der Waals surface area (Å²) < 4.78 is 18.4. The smallest absolute Gasteiger partial charge is 0.294 e. The van der Waals surface area contributed by atoms with Crippen molar-refractivity contribution in [3.05, 3.63) is 48.4 Å². The number of nitrogens with zero attached hydrogens (tertiary/aromatic N) is 3. The number of furan rings is 1. The van der Waals surface area contributed by atoms with Crippen LogP contribution in [0.15, 0.2) is 47.2 Å². The number of rotatable bonds is 6. The predicted molar refractivity (Wildman–Crippen MR) is 125 cm³/mol. The summed E-state index contributed by atoms with van der Waals surface area (Å²) in [7, 11) is 0. The maximum atomic E-state index is 11.1. The first-order chi connectivity index (χ1) is 16.3. The van der Waals surface area contributed by atoms with Crippen molar-refractivity contribution in [1.29, 1.82) is 0 Å². The minimum Gasteiger partial charge on any atom is -0.464 e. The summed E-state index contributed by atoms with van der Waals surface area (Å²) in [5.74, 6) is 1.36. The average Bonchev–Trinajstić information content (AvgIpc) is 3.43. The average molecular weight is 464 g/mol. The number of hydrogen-bond acceptors (Lipinski definition) is 8. The molecule has 4 heterocycles. The number of likely N-dealkylation sites (tertiary alicyclic amines) is 1. The van der Waals surface area contributed by atoms with E-state index in [4.69, 9.17) is 13.9 Å². The molecule has 0 spiro atoms. The number of hydrogen-bond donors (Lipinski definition) is 0. The Balaban J connectivity index is 1.24. The Labute approximate surface area is 195 Å². The van der Waals surface area contributed by atoms with Crippen LogP contribution in [0.3, 0.4) is 0 Å². The van der Waals surface area contributed by atoms with Crippen LogP contribution in [0.2, 0.25) is 0 Å². The van der Waals surface area contributed by atoms with E-state index in [9.17, 15) is 4.79 Å². The highest BCUT2D eigenvalue weighted by atomic mass is 32.1. The molecular weight excluding hydrogens is 438 g/mol. The minimum atomic E-state index is -0.165. The zero-order valence-electron chi connectivity index (χ0n) is 18.2. The van der Waals surface area contributed by atoms with Crippen molar-refractivity contribution >= 4 is 39.1 Å². The summed E-state index contributed by atoms with van der Waals surface area (Å²) in [6.07, 6.45) is 10.4. The van der Waals surface area contributed by atoms with Crippen LogP contribution in [-0.2, 0) is 16.1 Å². The summed E-state index contributed by atoms with van der Waals surface area (Å²) in [5.41, 5.74) is 2.56. The lowest BCUT2D eigenvalue weighted by Gasteiger charge is -2.47. The molecule has 6 rings (SSSR count). The molecule has 0 bridgehead atoms. The highest BCUT2D eigenvalue weighted by Gasteiger charge is 2.39. The molecule has 8 heteroatoms. The van der Waals surface area contributed by atoms with E-state index >= 15 is 0 Å². The fourth-order valence-corrected chi connectivity index (χ4v) is 6.26. The zero-order valence-corrected chi connectivity index (χ0v) is 19.0. The van der Waals surface area contributed by atoms with Gasteiger partial charge in [0.15, 0.2) is 11.9 Å². The number of benzene rings is 1. The molecule has 0 radical (unpaired) electrons. The lowest BCUT2D eigenvalue weighted by molar-refractivity contribution is -0.158. The van der Waals surface area contributed by atoms with E-state index in [0.717, 1.165) is 40.5 Å². The van der Waals surface area contributed by atoms with Gasteiger partial charge in [0.1, 0.15) is 11.3 Å². The maximum Gasteiger partial charge on any atom is 0.294 e. The van der Waals surface area contributed by atoms with E-state index in [0.29, 0.717) is 41.6 Å². The molecule has 3 unspecified atom stereocenters. The summed E-state index contributed by atoms with van der Waals surface area (Å²) in [6.45, 7) is 1.30. The van der Waals surface area contributed by atoms with Gasteiger partial charge in [0, 0.05) is 35.8 Å². The number of ether oxygens (including phenoxy) is 2. The Bertz CT molecular complexity index is 1250. The molecule has 3 aromatic heterocycles. The van der Waals surface area contributed by atoms with E-state index in [1.54, 1.807) is 6.20 Å². The Morgan fingerprint density at radius 2 is 2.12 bits per heavy atom. The lowest BCUT2D eigenvalue weighted by atomic mass is 9.77. The quantitative estimate of drug-likeness (QED) is 0.330. The number of thiazole rings is 1. The number of pyridine rings is 1. The third-order valence-corrected chi connectivity index (χ3v) is 7.88. The van der Waals surface area contributed by atoms with Crippen LogP contribution >= 0.6 is 11.3 Å². The molecule has 1 aliphatic carbocycles. The Kier molecular flexibility index (Phi) is 5.47. The first-order valence-corrected chi connectivity index (χ1v) is 12.3. The second-order valence-electron chi connectivity index (χ2n) is 8.87. The molecule has 170 valence electrons. The molecule has 1 aromatic carbocycles. The van der Waals surface area contributed by atoms with Crippen molar-refractivity contribution in [1.82, 2.24) is 14.9 Å². The van der Waals surface area contributed by atoms with Crippen LogP contribution in [-0.4, -0.2) is 33.6 Å². The molecule has 2 fully saturated rings. The van der Waals surface area contributed by atoms with Gasteiger partial charge >= 0.3 is 0 Å². The van der Waals surface area contributed by atoms with E-state index in [-0.39, 0.29) is 6.23 Å². The molecular formula is C25H25N3O4S. The molecule has 1 saturated heterocycles. The molecule has 7 nitrogen and oxygen atoms in total. The highest BCUT2D eigenvalue weighted by molar-refractivity contribution is 7.20. The van der Waals surface area contributed by atoms with Gasteiger partial charge in [-0.25, -0.2) is 4.98 Å². The predicted octanol–water partition coefficient (Wildman–Crippen LogP) is 5.88. The van der Waals surface area contributed by atoms with E-state index in [1.165, 1.54) is 30.6 Å². The largest absolute Gasteiger partial charge is 0.464 e. The molecule has 1 saturated carbocycles. The van der Waals surface area contributed by atoms with Gasteiger partial charge in [0.05, 0.1) is 11.0 Å². The Hall–Kier alpha value is -2.97. The van der Waals surface area contributed by atoms with E-state index in [1.807, 2.05) is 36.6 Å². The van der Waals surface area contributed by atoms with Gasteiger partial charge in [-0.2, -0.15) is 4.98 Å². The van der Waals surface area contributed by atoms with Gasteiger partial charge in [0.2, 0.25) is 0 Å². The standard InChI is InChI=1S/C25H25N3O4S/c29-15-31-23-10-7-16-4-1-2-5-20(16)28(23)13-17-14-30-21-12-18(8-9-19(17)21)32-25-27-24-22(33-25)6-3-11-26-24/h3,6,8-9,11-12,14-16,20,23H,1-2,4-5,7,10,13H2. The van der Waals surface area contributed by atoms with Crippen LogP contribution in [0.1, 0.15) is 44.1 Å². The van der Waals surface area contributed by atoms with Crippen LogP contribution in [0.25, 0.3) is 21.3 Å². The monoisotopic (exact) mass is 463 g/mol. The van der Waals surface area contributed by atoms with E-state index in [2.05, 4.69) is 14.9 Å². The number of carbonyl (C=O) groups is 1. The number of piperidine rings is 1. The maximum absolute atomic E-state index is 11.1. The molecule has 2 aliphatic rings. The SMILES string of the molecule is O=COC1CCC2CCCCC2N1Cc1coc2cc(Oc3nc4ncccc4s3)ccc12. The minimum absolute atomic E-state index is 0.165. The van der Waals surface area contributed by atoms with Crippen molar-refractivity contribution in [2.45, 2.75) is 57.3 Å². The Morgan fingerprint density at radius 3 is 3.03 bits per heavy atom. The first kappa shape index (κ1) is 20.6. The number of aromatic nitrogens is 2. The third-order valence-electron chi connectivity index (χ3n) is 6.99. The topological polar surface area (TPSA) is 77.7 Å². The molecule has 3 atom stereocenters. The van der Waals surface area contributed by atoms with Gasteiger partial charge in [-0.15, -0.1) is 0 Å². The van der Waals surface area contributed by atoms with Gasteiger partial charge in [-0.05, 0) is 55.9 Å². The van der Waals surface area contributed by atoms with Crippen molar-refractivity contribution < 1.29 is 18.7 Å². The Morgan fingerprint density at radius 1 is 1.18 bits per heavy atom. The normalized spacial score (nSPS) is 23.5. The van der Waals surface area contributed by atoms with Crippen LogP contribution in [0.4, 0.5) is 0 Å². The zero-order chi connectivity index (χ0) is 22.2. The third kappa shape index (κ3) is 3.98. The van der Waals surface area contributed by atoms with Crippen LogP contribution < -0.4 is 4.74 Å². The summed E-state index contributed by atoms with van der Waals surface area (Å²) >= 11 is 1.47. The van der Waals surface area contributed by atoms with Gasteiger partial charge in [-0.3, -0.25) is 9.69 Å². The number of fused-ring (bicyclic) bond motifs is 3.